The van der Waals surface area contributed by atoms with Crippen molar-refractivity contribution in [2.24, 2.45) is 0 Å². The smallest absolute Gasteiger partial charge is 0.418 e. The fourth-order valence-corrected chi connectivity index (χ4v) is 3.40. The van der Waals surface area contributed by atoms with Crippen molar-refractivity contribution in [2.75, 3.05) is 0 Å². The molecule has 1 N–H and O–H groups in total. The molecule has 0 aromatic heterocycles. The summed E-state index contributed by atoms with van der Waals surface area (Å²) in [5.74, 6) is 1.12. The highest BCUT2D eigenvalue weighted by molar-refractivity contribution is 7.33. The van der Waals surface area contributed by atoms with E-state index in [1.54, 1.807) is 12.1 Å². The fraction of sp³-hybridized carbons (Fsp3) is 0.300. The Balaban J connectivity index is 2.35. The van der Waals surface area contributed by atoms with E-state index in [9.17, 15) is 9.67 Å². The van der Waals surface area contributed by atoms with Crippen molar-refractivity contribution in [3.05, 3.63) is 71.0 Å². The summed E-state index contributed by atoms with van der Waals surface area (Å²) in [7, 11) is -2.64. The van der Waals surface area contributed by atoms with Gasteiger partial charge in [-0.25, -0.2) is 4.57 Å². The molecule has 0 heterocycles. The van der Waals surface area contributed by atoms with Crippen LogP contribution in [0, 0.1) is 13.8 Å². The molecule has 0 aliphatic carbocycles. The van der Waals surface area contributed by atoms with E-state index in [-0.39, 0.29) is 5.92 Å². The standard InChI is InChI=1S/C20H25O4P/c1-6-23-25(22)24-20-10-7-14(4)18(15(20)5)12-16-8-9-19(21)17(11-16)13(2)3/h6-11,13,21,25H,1,12H2,2-5H3. The van der Waals surface area contributed by atoms with Gasteiger partial charge < -0.3 is 14.2 Å². The molecule has 0 radical (unpaired) electrons. The summed E-state index contributed by atoms with van der Waals surface area (Å²) in [5.41, 5.74) is 5.23. The average molecular weight is 360 g/mol. The van der Waals surface area contributed by atoms with Gasteiger partial charge in [0.05, 0.1) is 6.26 Å². The van der Waals surface area contributed by atoms with Gasteiger partial charge in [0.15, 0.2) is 0 Å². The second-order valence-corrected chi connectivity index (χ2v) is 7.29. The minimum absolute atomic E-state index is 0.249. The first kappa shape index (κ1) is 19.1. The van der Waals surface area contributed by atoms with Crippen molar-refractivity contribution < 1.29 is 18.7 Å². The largest absolute Gasteiger partial charge is 0.508 e. The molecule has 5 heteroatoms. The van der Waals surface area contributed by atoms with Crippen LogP contribution >= 0.6 is 8.25 Å². The maximum absolute atomic E-state index is 11.7. The van der Waals surface area contributed by atoms with E-state index in [4.69, 9.17) is 9.05 Å². The predicted molar refractivity (Wildman–Crippen MR) is 102 cm³/mol. The zero-order chi connectivity index (χ0) is 18.6. The first-order valence-electron chi connectivity index (χ1n) is 8.23. The Morgan fingerprint density at radius 3 is 2.60 bits per heavy atom. The Hall–Kier alpha value is -2.19. The Morgan fingerprint density at radius 2 is 1.96 bits per heavy atom. The van der Waals surface area contributed by atoms with Gasteiger partial charge in [0.25, 0.3) is 0 Å². The second kappa shape index (κ2) is 8.26. The van der Waals surface area contributed by atoms with E-state index in [1.165, 1.54) is 0 Å². The van der Waals surface area contributed by atoms with Gasteiger partial charge in [-0.3, -0.25) is 0 Å². The number of phenols is 1. The maximum atomic E-state index is 11.7. The first-order valence-corrected chi connectivity index (χ1v) is 9.46. The van der Waals surface area contributed by atoms with Crippen LogP contribution in [0.5, 0.6) is 11.5 Å². The molecule has 0 aliphatic rings. The minimum Gasteiger partial charge on any atom is -0.508 e. The molecule has 0 aliphatic heterocycles. The lowest BCUT2D eigenvalue weighted by molar-refractivity contribution is 0.383. The van der Waals surface area contributed by atoms with E-state index >= 15 is 0 Å². The van der Waals surface area contributed by atoms with Crippen LogP contribution in [0.4, 0.5) is 0 Å². The molecule has 2 rings (SSSR count). The zero-order valence-electron chi connectivity index (χ0n) is 15.1. The van der Waals surface area contributed by atoms with E-state index in [0.29, 0.717) is 17.9 Å². The third kappa shape index (κ3) is 4.67. The van der Waals surface area contributed by atoms with E-state index in [2.05, 4.69) is 20.4 Å². The number of benzene rings is 2. The van der Waals surface area contributed by atoms with E-state index in [1.807, 2.05) is 32.0 Å². The van der Waals surface area contributed by atoms with E-state index < -0.39 is 8.25 Å². The van der Waals surface area contributed by atoms with Gasteiger partial charge in [0, 0.05) is 0 Å². The number of phenolic OH excluding ortho intramolecular Hbond substituents is 1. The van der Waals surface area contributed by atoms with E-state index in [0.717, 1.165) is 34.1 Å². The number of rotatable bonds is 7. The van der Waals surface area contributed by atoms with Crippen LogP contribution in [0.2, 0.25) is 0 Å². The van der Waals surface area contributed by atoms with Crippen molar-refractivity contribution in [3.63, 3.8) is 0 Å². The van der Waals surface area contributed by atoms with Crippen LogP contribution < -0.4 is 4.52 Å². The van der Waals surface area contributed by atoms with Gasteiger partial charge in [-0.05, 0) is 66.1 Å². The number of aromatic hydroxyl groups is 1. The SMILES string of the molecule is C=CO[PH](=O)Oc1ccc(C)c(Cc2ccc(O)c(C(C)C)c2)c1C. The quantitative estimate of drug-likeness (QED) is 0.512. The Morgan fingerprint density at radius 1 is 1.24 bits per heavy atom. The maximum Gasteiger partial charge on any atom is 0.418 e. The molecule has 0 spiro atoms. The summed E-state index contributed by atoms with van der Waals surface area (Å²) < 4.78 is 21.9. The van der Waals surface area contributed by atoms with Crippen LogP contribution in [0.15, 0.2) is 43.2 Å². The van der Waals surface area contributed by atoms with Crippen LogP contribution in [0.1, 0.15) is 47.6 Å². The molecule has 0 bridgehead atoms. The molecule has 0 saturated heterocycles. The van der Waals surface area contributed by atoms with Crippen molar-refractivity contribution >= 4 is 8.25 Å². The molecular weight excluding hydrogens is 335 g/mol. The Labute approximate surface area is 150 Å². The predicted octanol–water partition coefficient (Wildman–Crippen LogP) is 5.65. The Kier molecular flexibility index (Phi) is 6.33. The highest BCUT2D eigenvalue weighted by Gasteiger charge is 2.13. The van der Waals surface area contributed by atoms with Gasteiger partial charge in [0.1, 0.15) is 11.5 Å². The third-order valence-electron chi connectivity index (χ3n) is 4.25. The molecule has 1 unspecified atom stereocenters. The highest BCUT2D eigenvalue weighted by Crippen LogP contribution is 2.35. The van der Waals surface area contributed by atoms with Gasteiger partial charge in [-0.2, -0.15) is 0 Å². The normalized spacial score (nSPS) is 12.0. The summed E-state index contributed by atoms with van der Waals surface area (Å²) in [6.45, 7) is 11.5. The number of aryl methyl sites for hydroxylation is 1. The molecule has 0 amide bonds. The molecule has 134 valence electrons. The van der Waals surface area contributed by atoms with Crippen LogP contribution in [-0.2, 0) is 15.5 Å². The molecule has 1 atom stereocenters. The van der Waals surface area contributed by atoms with Gasteiger partial charge >= 0.3 is 8.25 Å². The first-order chi connectivity index (χ1) is 11.8. The van der Waals surface area contributed by atoms with Gasteiger partial charge in [0.2, 0.25) is 0 Å². The lowest BCUT2D eigenvalue weighted by atomic mass is 9.92. The minimum atomic E-state index is -2.64. The number of hydrogen-bond acceptors (Lipinski definition) is 4. The molecule has 2 aromatic rings. The average Bonchev–Trinajstić information content (AvgIpc) is 2.55. The summed E-state index contributed by atoms with van der Waals surface area (Å²) in [4.78, 5) is 0. The number of hydrogen-bond donors (Lipinski definition) is 1. The summed E-state index contributed by atoms with van der Waals surface area (Å²) in [6, 6.07) is 9.46. The van der Waals surface area contributed by atoms with Crippen molar-refractivity contribution in [2.45, 2.75) is 40.0 Å². The molecule has 0 saturated carbocycles. The molecule has 25 heavy (non-hydrogen) atoms. The van der Waals surface area contributed by atoms with Gasteiger partial charge in [-0.1, -0.05) is 38.6 Å². The van der Waals surface area contributed by atoms with Crippen LogP contribution in [0.25, 0.3) is 0 Å². The third-order valence-corrected chi connectivity index (χ3v) is 5.00. The summed E-state index contributed by atoms with van der Waals surface area (Å²) in [5, 5.41) is 10.0. The van der Waals surface area contributed by atoms with Crippen LogP contribution in [0.3, 0.4) is 0 Å². The molecular formula is C20H25O4P. The molecule has 2 aromatic carbocycles. The lowest BCUT2D eigenvalue weighted by Crippen LogP contribution is -1.99. The lowest BCUT2D eigenvalue weighted by Gasteiger charge is -2.16. The Bertz CT molecular complexity index is 797. The summed E-state index contributed by atoms with van der Waals surface area (Å²) in [6.07, 6.45) is 1.83. The highest BCUT2D eigenvalue weighted by atomic mass is 31.1. The zero-order valence-corrected chi connectivity index (χ0v) is 16.1. The van der Waals surface area contributed by atoms with Crippen molar-refractivity contribution in [1.82, 2.24) is 0 Å². The monoisotopic (exact) mass is 360 g/mol. The van der Waals surface area contributed by atoms with Crippen LogP contribution in [-0.4, -0.2) is 5.11 Å². The van der Waals surface area contributed by atoms with Crippen molar-refractivity contribution in [1.29, 1.82) is 0 Å². The molecule has 4 nitrogen and oxygen atoms in total. The second-order valence-electron chi connectivity index (χ2n) is 6.35. The summed E-state index contributed by atoms with van der Waals surface area (Å²) >= 11 is 0. The van der Waals surface area contributed by atoms with Gasteiger partial charge in [-0.15, -0.1) is 0 Å². The molecule has 0 fully saturated rings. The fourth-order valence-electron chi connectivity index (χ4n) is 2.82. The topological polar surface area (TPSA) is 55.8 Å². The van der Waals surface area contributed by atoms with Crippen molar-refractivity contribution in [3.8, 4) is 11.5 Å².